The number of ether oxygens (including phenoxy) is 1. The first-order chi connectivity index (χ1) is 9.57. The van der Waals surface area contributed by atoms with Gasteiger partial charge < -0.3 is 10.1 Å². The van der Waals surface area contributed by atoms with E-state index in [1.54, 1.807) is 0 Å². The molecule has 0 heterocycles. The summed E-state index contributed by atoms with van der Waals surface area (Å²) >= 11 is 0. The highest BCUT2D eigenvalue weighted by molar-refractivity contribution is 4.99. The molecule has 0 amide bonds. The van der Waals surface area contributed by atoms with Gasteiger partial charge in [-0.05, 0) is 50.5 Å². The van der Waals surface area contributed by atoms with Gasteiger partial charge in [-0.25, -0.2) is 0 Å². The van der Waals surface area contributed by atoms with Crippen molar-refractivity contribution in [3.05, 3.63) is 0 Å². The Morgan fingerprint density at radius 1 is 1.25 bits per heavy atom. The molecule has 0 radical (unpaired) electrons. The van der Waals surface area contributed by atoms with Crippen molar-refractivity contribution in [1.82, 2.24) is 10.2 Å². The molecule has 2 unspecified atom stereocenters. The molecule has 2 rings (SSSR count). The van der Waals surface area contributed by atoms with E-state index < -0.39 is 0 Å². The average molecular weight is 282 g/mol. The van der Waals surface area contributed by atoms with Gasteiger partial charge in [-0.3, -0.25) is 4.90 Å². The van der Waals surface area contributed by atoms with Crippen LogP contribution in [0.1, 0.15) is 59.3 Å². The second-order valence-electron chi connectivity index (χ2n) is 7.50. The van der Waals surface area contributed by atoms with Gasteiger partial charge in [0.2, 0.25) is 0 Å². The molecule has 20 heavy (non-hydrogen) atoms. The van der Waals surface area contributed by atoms with Crippen LogP contribution in [0.2, 0.25) is 0 Å². The largest absolute Gasteiger partial charge is 0.383 e. The first-order valence-electron chi connectivity index (χ1n) is 8.55. The van der Waals surface area contributed by atoms with Crippen molar-refractivity contribution in [3.63, 3.8) is 0 Å². The maximum Gasteiger partial charge on any atom is 0.0589 e. The van der Waals surface area contributed by atoms with Gasteiger partial charge in [0.05, 0.1) is 6.61 Å². The Kier molecular flexibility index (Phi) is 5.88. The summed E-state index contributed by atoms with van der Waals surface area (Å²) in [7, 11) is 1.82. The lowest BCUT2D eigenvalue weighted by Gasteiger charge is -2.46. The first kappa shape index (κ1) is 16.3. The second kappa shape index (κ2) is 7.24. The van der Waals surface area contributed by atoms with Gasteiger partial charge in [-0.2, -0.15) is 0 Å². The minimum Gasteiger partial charge on any atom is -0.383 e. The summed E-state index contributed by atoms with van der Waals surface area (Å²) in [6, 6.07) is 2.21. The van der Waals surface area contributed by atoms with Crippen LogP contribution in [0.4, 0.5) is 0 Å². The number of nitrogens with one attached hydrogen (secondary N) is 1. The fraction of sp³-hybridized carbons (Fsp3) is 1.00. The lowest BCUT2D eigenvalue weighted by Crippen LogP contribution is -2.56. The summed E-state index contributed by atoms with van der Waals surface area (Å²) in [4.78, 5) is 2.76. The molecule has 1 N–H and O–H groups in total. The Morgan fingerprint density at radius 2 is 2.00 bits per heavy atom. The summed E-state index contributed by atoms with van der Waals surface area (Å²) in [6.45, 7) is 10.3. The molecule has 3 nitrogen and oxygen atoms in total. The van der Waals surface area contributed by atoms with Gasteiger partial charge in [-0.1, -0.05) is 20.8 Å². The van der Waals surface area contributed by atoms with Crippen molar-refractivity contribution in [2.45, 2.75) is 77.4 Å². The van der Waals surface area contributed by atoms with E-state index in [1.165, 1.54) is 38.5 Å². The molecule has 0 aromatic rings. The zero-order chi connectivity index (χ0) is 14.6. The van der Waals surface area contributed by atoms with Crippen LogP contribution in [0, 0.1) is 5.41 Å². The summed E-state index contributed by atoms with van der Waals surface area (Å²) in [6.07, 6.45) is 8.02. The van der Waals surface area contributed by atoms with Gasteiger partial charge in [0, 0.05) is 31.8 Å². The van der Waals surface area contributed by atoms with Crippen LogP contribution >= 0.6 is 0 Å². The predicted molar refractivity (Wildman–Crippen MR) is 85.1 cm³/mol. The smallest absolute Gasteiger partial charge is 0.0589 e. The van der Waals surface area contributed by atoms with Gasteiger partial charge in [0.15, 0.2) is 0 Å². The zero-order valence-corrected chi connectivity index (χ0v) is 14.0. The van der Waals surface area contributed by atoms with E-state index in [0.717, 1.165) is 25.7 Å². The molecule has 118 valence electrons. The molecule has 0 saturated heterocycles. The Bertz CT molecular complexity index is 289. The number of methoxy groups -OCH3 is 1. The fourth-order valence-electron chi connectivity index (χ4n) is 3.69. The SMILES string of the molecule is CCCNC1CCC(C)(C)CC1N(CCOC)C1CC1. The van der Waals surface area contributed by atoms with Gasteiger partial charge in [-0.15, -0.1) is 0 Å². The van der Waals surface area contributed by atoms with Crippen LogP contribution in [-0.2, 0) is 4.74 Å². The highest BCUT2D eigenvalue weighted by Gasteiger charge is 2.42. The second-order valence-corrected chi connectivity index (χ2v) is 7.50. The summed E-state index contributed by atoms with van der Waals surface area (Å²) in [5.41, 5.74) is 0.495. The molecular weight excluding hydrogens is 248 g/mol. The summed E-state index contributed by atoms with van der Waals surface area (Å²) < 4.78 is 5.35. The number of nitrogens with zero attached hydrogens (tertiary/aromatic N) is 1. The van der Waals surface area contributed by atoms with Gasteiger partial charge in [0.25, 0.3) is 0 Å². The number of hydrogen-bond donors (Lipinski definition) is 1. The van der Waals surface area contributed by atoms with Gasteiger partial charge >= 0.3 is 0 Å². The molecule has 2 aliphatic carbocycles. The van der Waals surface area contributed by atoms with Crippen LogP contribution in [0.3, 0.4) is 0 Å². The molecule has 2 aliphatic rings. The maximum absolute atomic E-state index is 5.35. The number of rotatable bonds is 8. The molecule has 0 aromatic carbocycles. The van der Waals surface area contributed by atoms with Crippen LogP contribution in [-0.4, -0.2) is 49.8 Å². The normalized spacial score (nSPS) is 29.9. The van der Waals surface area contributed by atoms with E-state index in [0.29, 0.717) is 17.5 Å². The molecule has 2 saturated carbocycles. The fourth-order valence-corrected chi connectivity index (χ4v) is 3.69. The third-order valence-electron chi connectivity index (χ3n) is 5.01. The maximum atomic E-state index is 5.35. The third kappa shape index (κ3) is 4.44. The van der Waals surface area contributed by atoms with Crippen molar-refractivity contribution >= 4 is 0 Å². The molecular formula is C17H34N2O. The molecule has 0 aliphatic heterocycles. The topological polar surface area (TPSA) is 24.5 Å². The van der Waals surface area contributed by atoms with Crippen LogP contribution in [0.5, 0.6) is 0 Å². The average Bonchev–Trinajstić information content (AvgIpc) is 3.22. The highest BCUT2D eigenvalue weighted by atomic mass is 16.5. The number of hydrogen-bond acceptors (Lipinski definition) is 3. The van der Waals surface area contributed by atoms with E-state index in [9.17, 15) is 0 Å². The first-order valence-corrected chi connectivity index (χ1v) is 8.55. The molecule has 2 fully saturated rings. The quantitative estimate of drug-likeness (QED) is 0.740. The monoisotopic (exact) mass is 282 g/mol. The Balaban J connectivity index is 2.02. The van der Waals surface area contributed by atoms with E-state index in [2.05, 4.69) is 31.0 Å². The molecule has 0 spiro atoms. The van der Waals surface area contributed by atoms with E-state index in [1.807, 2.05) is 7.11 Å². The Morgan fingerprint density at radius 3 is 2.60 bits per heavy atom. The van der Waals surface area contributed by atoms with Crippen LogP contribution in [0.15, 0.2) is 0 Å². The van der Waals surface area contributed by atoms with Crippen molar-refractivity contribution in [3.8, 4) is 0 Å². The van der Waals surface area contributed by atoms with E-state index in [4.69, 9.17) is 4.74 Å². The summed E-state index contributed by atoms with van der Waals surface area (Å²) in [5, 5.41) is 3.82. The minimum atomic E-state index is 0.495. The van der Waals surface area contributed by atoms with Crippen molar-refractivity contribution in [2.75, 3.05) is 26.8 Å². The van der Waals surface area contributed by atoms with Crippen molar-refractivity contribution in [2.24, 2.45) is 5.41 Å². The van der Waals surface area contributed by atoms with Crippen LogP contribution < -0.4 is 5.32 Å². The minimum absolute atomic E-state index is 0.495. The molecule has 0 bridgehead atoms. The summed E-state index contributed by atoms with van der Waals surface area (Å²) in [5.74, 6) is 0. The Labute approximate surface area is 125 Å². The molecule has 2 atom stereocenters. The lowest BCUT2D eigenvalue weighted by atomic mass is 9.72. The standard InChI is InChI=1S/C17H34N2O/c1-5-10-18-15-8-9-17(2,3)13-16(15)19(11-12-20-4)14-6-7-14/h14-16,18H,5-13H2,1-4H3. The molecule has 0 aromatic heterocycles. The third-order valence-corrected chi connectivity index (χ3v) is 5.01. The zero-order valence-electron chi connectivity index (χ0n) is 14.0. The van der Waals surface area contributed by atoms with Crippen LogP contribution in [0.25, 0.3) is 0 Å². The van der Waals surface area contributed by atoms with E-state index in [-0.39, 0.29) is 0 Å². The predicted octanol–water partition coefficient (Wildman–Crippen LogP) is 3.04. The highest BCUT2D eigenvalue weighted by Crippen LogP contribution is 2.40. The lowest BCUT2D eigenvalue weighted by molar-refractivity contribution is 0.0405. The van der Waals surface area contributed by atoms with Crippen molar-refractivity contribution < 1.29 is 4.74 Å². The van der Waals surface area contributed by atoms with Gasteiger partial charge in [0.1, 0.15) is 0 Å². The van der Waals surface area contributed by atoms with Crippen molar-refractivity contribution in [1.29, 1.82) is 0 Å². The van der Waals surface area contributed by atoms with E-state index >= 15 is 0 Å². The molecule has 3 heteroatoms. The Hall–Kier alpha value is -0.120.